The fourth-order valence-electron chi connectivity index (χ4n) is 1.94. The van der Waals surface area contributed by atoms with Gasteiger partial charge in [-0.25, -0.2) is 4.98 Å². The lowest BCUT2D eigenvalue weighted by Gasteiger charge is -2.20. The number of aromatic nitrogens is 1. The number of hydrogen-bond acceptors (Lipinski definition) is 3. The summed E-state index contributed by atoms with van der Waals surface area (Å²) in [5.74, 6) is 1.10. The number of hydrogen-bond donors (Lipinski definition) is 1. The molecule has 1 aromatic heterocycles. The number of pyridine rings is 1. The molecule has 1 N–H and O–H groups in total. The third kappa shape index (κ3) is 5.60. The van der Waals surface area contributed by atoms with Crippen molar-refractivity contribution in [1.29, 1.82) is 0 Å². The number of anilines is 1. The van der Waals surface area contributed by atoms with E-state index >= 15 is 0 Å². The molecule has 0 aliphatic heterocycles. The minimum absolute atomic E-state index is 0.513. The standard InChI is InChI=1S/C16H29N3/c1-6-8-9-19(5)16-11-14(12-17-13(3)4)10-15(7-2)18-16/h10-11,13,17H,6-9,12H2,1-5H3. The Balaban J connectivity index is 2.82. The smallest absolute Gasteiger partial charge is 0.128 e. The second-order valence-corrected chi connectivity index (χ2v) is 5.49. The van der Waals surface area contributed by atoms with E-state index in [4.69, 9.17) is 4.98 Å². The van der Waals surface area contributed by atoms with Crippen LogP contribution >= 0.6 is 0 Å². The molecule has 0 radical (unpaired) electrons. The van der Waals surface area contributed by atoms with E-state index in [2.05, 4.69) is 57.1 Å². The summed E-state index contributed by atoms with van der Waals surface area (Å²) in [5, 5.41) is 3.48. The van der Waals surface area contributed by atoms with Gasteiger partial charge >= 0.3 is 0 Å². The highest BCUT2D eigenvalue weighted by Crippen LogP contribution is 2.15. The van der Waals surface area contributed by atoms with Crippen molar-refractivity contribution in [2.45, 2.75) is 59.5 Å². The van der Waals surface area contributed by atoms with E-state index in [-0.39, 0.29) is 0 Å². The molecule has 0 bridgehead atoms. The van der Waals surface area contributed by atoms with Crippen molar-refractivity contribution in [3.63, 3.8) is 0 Å². The van der Waals surface area contributed by atoms with Gasteiger partial charge in [0, 0.05) is 31.9 Å². The Kier molecular flexibility index (Phi) is 6.85. The highest BCUT2D eigenvalue weighted by atomic mass is 15.2. The number of nitrogens with zero attached hydrogens (tertiary/aromatic N) is 2. The molecule has 1 aromatic rings. The van der Waals surface area contributed by atoms with Crippen molar-refractivity contribution in [2.24, 2.45) is 0 Å². The van der Waals surface area contributed by atoms with E-state index in [9.17, 15) is 0 Å². The van der Waals surface area contributed by atoms with Crippen LogP contribution in [-0.2, 0) is 13.0 Å². The molecule has 0 aliphatic carbocycles. The van der Waals surface area contributed by atoms with Crippen molar-refractivity contribution in [2.75, 3.05) is 18.5 Å². The molecule has 3 heteroatoms. The number of rotatable bonds is 8. The van der Waals surface area contributed by atoms with Crippen LogP contribution in [0.1, 0.15) is 51.8 Å². The van der Waals surface area contributed by atoms with Gasteiger partial charge in [0.15, 0.2) is 0 Å². The first kappa shape index (κ1) is 16.0. The van der Waals surface area contributed by atoms with Crippen LogP contribution < -0.4 is 10.2 Å². The maximum Gasteiger partial charge on any atom is 0.128 e. The molecule has 0 atom stereocenters. The molecule has 0 saturated carbocycles. The number of nitrogens with one attached hydrogen (secondary N) is 1. The minimum Gasteiger partial charge on any atom is -0.360 e. The summed E-state index contributed by atoms with van der Waals surface area (Å²) >= 11 is 0. The van der Waals surface area contributed by atoms with Gasteiger partial charge in [0.05, 0.1) is 0 Å². The van der Waals surface area contributed by atoms with Gasteiger partial charge in [-0.05, 0) is 30.5 Å². The zero-order valence-corrected chi connectivity index (χ0v) is 13.2. The topological polar surface area (TPSA) is 28.2 Å². The lowest BCUT2D eigenvalue weighted by Crippen LogP contribution is -2.23. The molecule has 0 saturated heterocycles. The molecule has 0 aliphatic rings. The van der Waals surface area contributed by atoms with Crippen molar-refractivity contribution in [3.8, 4) is 0 Å². The summed E-state index contributed by atoms with van der Waals surface area (Å²) < 4.78 is 0. The van der Waals surface area contributed by atoms with E-state index in [1.165, 1.54) is 24.1 Å². The first-order chi connectivity index (χ1) is 9.06. The van der Waals surface area contributed by atoms with E-state index in [1.54, 1.807) is 0 Å². The summed E-state index contributed by atoms with van der Waals surface area (Å²) in [7, 11) is 2.14. The van der Waals surface area contributed by atoms with Gasteiger partial charge in [0.25, 0.3) is 0 Å². The van der Waals surface area contributed by atoms with Gasteiger partial charge < -0.3 is 10.2 Å². The van der Waals surface area contributed by atoms with Crippen LogP contribution in [0.4, 0.5) is 5.82 Å². The Labute approximate surface area is 118 Å². The molecule has 0 fully saturated rings. The Morgan fingerprint density at radius 2 is 2.00 bits per heavy atom. The summed E-state index contributed by atoms with van der Waals surface area (Å²) in [6.45, 7) is 10.7. The Hall–Kier alpha value is -1.09. The lowest BCUT2D eigenvalue weighted by atomic mass is 10.1. The van der Waals surface area contributed by atoms with Crippen LogP contribution in [-0.4, -0.2) is 24.6 Å². The maximum absolute atomic E-state index is 4.73. The Bertz CT molecular complexity index is 374. The van der Waals surface area contributed by atoms with Crippen LogP contribution in [0.15, 0.2) is 12.1 Å². The monoisotopic (exact) mass is 263 g/mol. The fourth-order valence-corrected chi connectivity index (χ4v) is 1.94. The second kappa shape index (κ2) is 8.16. The highest BCUT2D eigenvalue weighted by molar-refractivity contribution is 5.42. The zero-order chi connectivity index (χ0) is 14.3. The van der Waals surface area contributed by atoms with Crippen molar-refractivity contribution >= 4 is 5.82 Å². The second-order valence-electron chi connectivity index (χ2n) is 5.49. The predicted molar refractivity (Wildman–Crippen MR) is 83.8 cm³/mol. The van der Waals surface area contributed by atoms with E-state index < -0.39 is 0 Å². The average Bonchev–Trinajstić information content (AvgIpc) is 2.42. The molecule has 0 amide bonds. The first-order valence-corrected chi connectivity index (χ1v) is 7.51. The van der Waals surface area contributed by atoms with Crippen LogP contribution in [0.3, 0.4) is 0 Å². The Morgan fingerprint density at radius 1 is 1.26 bits per heavy atom. The quantitative estimate of drug-likeness (QED) is 0.779. The maximum atomic E-state index is 4.73. The summed E-state index contributed by atoms with van der Waals surface area (Å²) in [6, 6.07) is 4.94. The molecular weight excluding hydrogens is 234 g/mol. The Morgan fingerprint density at radius 3 is 2.58 bits per heavy atom. The third-order valence-corrected chi connectivity index (χ3v) is 3.24. The van der Waals surface area contributed by atoms with Gasteiger partial charge in [0.1, 0.15) is 5.82 Å². The number of unbranched alkanes of at least 4 members (excludes halogenated alkanes) is 1. The first-order valence-electron chi connectivity index (χ1n) is 7.51. The van der Waals surface area contributed by atoms with E-state index in [0.29, 0.717) is 6.04 Å². The molecule has 108 valence electrons. The van der Waals surface area contributed by atoms with Crippen molar-refractivity contribution < 1.29 is 0 Å². The normalized spacial score (nSPS) is 11.1. The van der Waals surface area contributed by atoms with Gasteiger partial charge in [-0.3, -0.25) is 0 Å². The van der Waals surface area contributed by atoms with Gasteiger partial charge in [-0.15, -0.1) is 0 Å². The molecule has 1 heterocycles. The fraction of sp³-hybridized carbons (Fsp3) is 0.688. The van der Waals surface area contributed by atoms with Gasteiger partial charge in [-0.2, -0.15) is 0 Å². The molecule has 0 spiro atoms. The molecule has 3 nitrogen and oxygen atoms in total. The van der Waals surface area contributed by atoms with Crippen LogP contribution in [0.5, 0.6) is 0 Å². The molecule has 1 rings (SSSR count). The van der Waals surface area contributed by atoms with Crippen LogP contribution in [0.25, 0.3) is 0 Å². The molecular formula is C16H29N3. The van der Waals surface area contributed by atoms with Gasteiger partial charge in [-0.1, -0.05) is 34.1 Å². The summed E-state index contributed by atoms with van der Waals surface area (Å²) in [6.07, 6.45) is 3.43. The molecule has 0 aromatic carbocycles. The van der Waals surface area contributed by atoms with E-state index in [0.717, 1.165) is 25.3 Å². The summed E-state index contributed by atoms with van der Waals surface area (Å²) in [5.41, 5.74) is 2.51. The number of aryl methyl sites for hydroxylation is 1. The van der Waals surface area contributed by atoms with Crippen LogP contribution in [0.2, 0.25) is 0 Å². The van der Waals surface area contributed by atoms with Gasteiger partial charge in [0.2, 0.25) is 0 Å². The minimum atomic E-state index is 0.513. The highest BCUT2D eigenvalue weighted by Gasteiger charge is 2.06. The average molecular weight is 263 g/mol. The SMILES string of the molecule is CCCCN(C)c1cc(CNC(C)C)cc(CC)n1. The summed E-state index contributed by atoms with van der Waals surface area (Å²) in [4.78, 5) is 7.00. The molecule has 19 heavy (non-hydrogen) atoms. The van der Waals surface area contributed by atoms with Crippen molar-refractivity contribution in [3.05, 3.63) is 23.4 Å². The van der Waals surface area contributed by atoms with Crippen LogP contribution in [0, 0.1) is 0 Å². The van der Waals surface area contributed by atoms with E-state index in [1.807, 2.05) is 0 Å². The molecule has 0 unspecified atom stereocenters. The van der Waals surface area contributed by atoms with Crippen molar-refractivity contribution in [1.82, 2.24) is 10.3 Å². The zero-order valence-electron chi connectivity index (χ0n) is 13.2. The lowest BCUT2D eigenvalue weighted by molar-refractivity contribution is 0.588. The third-order valence-electron chi connectivity index (χ3n) is 3.24. The largest absolute Gasteiger partial charge is 0.360 e. The predicted octanol–water partition coefficient (Wildman–Crippen LogP) is 3.38.